The van der Waals surface area contributed by atoms with Crippen molar-refractivity contribution in [2.24, 2.45) is 11.7 Å². The largest absolute Gasteiger partial charge is 0.444 e. The van der Waals surface area contributed by atoms with Crippen molar-refractivity contribution in [3.8, 4) is 6.07 Å². The average molecular weight is 315 g/mol. The number of rotatable bonds is 1. The number of ketones is 1. The lowest BCUT2D eigenvalue weighted by Crippen LogP contribution is -2.29. The van der Waals surface area contributed by atoms with Crippen LogP contribution < -0.4 is 5.73 Å². The molecule has 2 N–H and O–H groups in total. The fraction of sp³-hybridized carbons (Fsp3) is 0.294. The molecule has 0 unspecified atom stereocenters. The zero-order chi connectivity index (χ0) is 15.9. The lowest BCUT2D eigenvalue weighted by molar-refractivity contribution is -0.117. The predicted molar refractivity (Wildman–Crippen MR) is 82.5 cm³/mol. The van der Waals surface area contributed by atoms with Gasteiger partial charge in [-0.3, -0.25) is 4.79 Å². The Bertz CT molecular complexity index is 741. The van der Waals surface area contributed by atoms with Gasteiger partial charge in [-0.2, -0.15) is 5.26 Å². The third-order valence-corrected chi connectivity index (χ3v) is 4.32. The summed E-state index contributed by atoms with van der Waals surface area (Å²) in [5.41, 5.74) is 7.57. The summed E-state index contributed by atoms with van der Waals surface area (Å²) in [4.78, 5) is 12.5. The Kier molecular flexibility index (Phi) is 3.67. The van der Waals surface area contributed by atoms with Crippen LogP contribution in [0, 0.1) is 17.2 Å². The van der Waals surface area contributed by atoms with Crippen molar-refractivity contribution in [3.05, 3.63) is 57.6 Å². The lowest BCUT2D eigenvalue weighted by atomic mass is 9.75. The van der Waals surface area contributed by atoms with Crippen LogP contribution in [0.2, 0.25) is 5.02 Å². The zero-order valence-corrected chi connectivity index (χ0v) is 12.9. The minimum Gasteiger partial charge on any atom is -0.444 e. The number of nitrogens with zero attached hydrogens (tertiary/aromatic N) is 1. The van der Waals surface area contributed by atoms with Gasteiger partial charge in [-0.1, -0.05) is 30.7 Å². The van der Waals surface area contributed by atoms with Crippen LogP contribution in [0.3, 0.4) is 0 Å². The molecule has 0 radical (unpaired) electrons. The fourth-order valence-electron chi connectivity index (χ4n) is 3.08. The number of ether oxygens (including phenoxy) is 1. The highest BCUT2D eigenvalue weighted by molar-refractivity contribution is 6.30. The molecule has 3 rings (SSSR count). The summed E-state index contributed by atoms with van der Waals surface area (Å²) in [7, 11) is 0. The molecule has 0 saturated carbocycles. The summed E-state index contributed by atoms with van der Waals surface area (Å²) >= 11 is 5.93. The quantitative estimate of drug-likeness (QED) is 0.862. The van der Waals surface area contributed by atoms with E-state index in [9.17, 15) is 10.1 Å². The number of carbonyl (C=O) groups is 1. The summed E-state index contributed by atoms with van der Waals surface area (Å²) in [5, 5.41) is 10.0. The van der Waals surface area contributed by atoms with Crippen molar-refractivity contribution >= 4 is 17.4 Å². The monoisotopic (exact) mass is 314 g/mol. The first-order chi connectivity index (χ1) is 10.5. The van der Waals surface area contributed by atoms with Gasteiger partial charge in [0.15, 0.2) is 5.78 Å². The SMILES string of the molecule is C[C@@H]1CC(=O)C2=C(C1)OC(N)=C(C#N)[C@H]2c1ccc(Cl)cc1. The van der Waals surface area contributed by atoms with E-state index in [1.54, 1.807) is 12.1 Å². The van der Waals surface area contributed by atoms with Crippen LogP contribution in [0.1, 0.15) is 31.2 Å². The van der Waals surface area contributed by atoms with Gasteiger partial charge in [-0.15, -0.1) is 0 Å². The molecule has 5 heteroatoms. The highest BCUT2D eigenvalue weighted by Crippen LogP contribution is 2.44. The predicted octanol–water partition coefficient (Wildman–Crippen LogP) is 3.40. The third-order valence-electron chi connectivity index (χ3n) is 4.07. The Morgan fingerprint density at radius 1 is 1.32 bits per heavy atom. The average Bonchev–Trinajstić information content (AvgIpc) is 2.46. The molecular formula is C17H15ClN2O2. The van der Waals surface area contributed by atoms with Crippen molar-refractivity contribution < 1.29 is 9.53 Å². The van der Waals surface area contributed by atoms with E-state index in [0.29, 0.717) is 29.2 Å². The van der Waals surface area contributed by atoms with E-state index in [-0.39, 0.29) is 23.2 Å². The number of nitriles is 1. The highest BCUT2D eigenvalue weighted by atomic mass is 35.5. The first-order valence-electron chi connectivity index (χ1n) is 7.10. The normalized spacial score (nSPS) is 24.7. The van der Waals surface area contributed by atoms with Crippen molar-refractivity contribution in [1.82, 2.24) is 0 Å². The standard InChI is InChI=1S/C17H15ClN2O2/c1-9-6-13(21)16-14(7-9)22-17(20)12(8-19)15(16)10-2-4-11(18)5-3-10/h2-5,9,15H,6-7,20H2,1H3/t9-,15-/m1/s1. The molecule has 1 aromatic rings. The summed E-state index contributed by atoms with van der Waals surface area (Å²) in [5.74, 6) is 0.455. The molecule has 0 bridgehead atoms. The van der Waals surface area contributed by atoms with Crippen molar-refractivity contribution in [2.75, 3.05) is 0 Å². The second-order valence-electron chi connectivity index (χ2n) is 5.75. The maximum absolute atomic E-state index is 12.5. The molecule has 4 nitrogen and oxygen atoms in total. The van der Waals surface area contributed by atoms with Crippen molar-refractivity contribution in [1.29, 1.82) is 5.26 Å². The van der Waals surface area contributed by atoms with Crippen LogP contribution in [-0.4, -0.2) is 5.78 Å². The van der Waals surface area contributed by atoms with Gasteiger partial charge in [0.2, 0.25) is 5.88 Å². The van der Waals surface area contributed by atoms with Crippen LogP contribution in [0.25, 0.3) is 0 Å². The van der Waals surface area contributed by atoms with E-state index in [1.807, 2.05) is 19.1 Å². The van der Waals surface area contributed by atoms with Gasteiger partial charge in [0, 0.05) is 23.4 Å². The molecule has 1 aliphatic heterocycles. The van der Waals surface area contributed by atoms with E-state index in [2.05, 4.69) is 6.07 Å². The number of carbonyl (C=O) groups excluding carboxylic acids is 1. The number of hydrogen-bond donors (Lipinski definition) is 1. The molecule has 22 heavy (non-hydrogen) atoms. The fourth-order valence-corrected chi connectivity index (χ4v) is 3.21. The Morgan fingerprint density at radius 3 is 2.64 bits per heavy atom. The Morgan fingerprint density at radius 2 is 2.00 bits per heavy atom. The molecule has 1 heterocycles. The van der Waals surface area contributed by atoms with Crippen LogP contribution >= 0.6 is 11.6 Å². The molecule has 0 saturated heterocycles. The summed E-state index contributed by atoms with van der Waals surface area (Å²) in [6, 6.07) is 9.22. The molecular weight excluding hydrogens is 300 g/mol. The first kappa shape index (κ1) is 14.7. The minimum absolute atomic E-state index is 0.0222. The van der Waals surface area contributed by atoms with Crippen LogP contribution in [0.15, 0.2) is 47.1 Å². The molecule has 112 valence electrons. The van der Waals surface area contributed by atoms with E-state index in [0.717, 1.165) is 5.56 Å². The van der Waals surface area contributed by atoms with Crippen LogP contribution in [-0.2, 0) is 9.53 Å². The Balaban J connectivity index is 2.16. The van der Waals surface area contributed by atoms with Gasteiger partial charge in [-0.25, -0.2) is 0 Å². The number of hydrogen-bond acceptors (Lipinski definition) is 4. The second-order valence-corrected chi connectivity index (χ2v) is 6.19. The van der Waals surface area contributed by atoms with E-state index in [4.69, 9.17) is 22.1 Å². The van der Waals surface area contributed by atoms with E-state index >= 15 is 0 Å². The molecule has 2 atom stereocenters. The molecule has 1 aromatic carbocycles. The van der Waals surface area contributed by atoms with Gasteiger partial charge in [-0.05, 0) is 23.6 Å². The zero-order valence-electron chi connectivity index (χ0n) is 12.1. The van der Waals surface area contributed by atoms with Gasteiger partial charge in [0.25, 0.3) is 0 Å². The maximum atomic E-state index is 12.5. The van der Waals surface area contributed by atoms with Gasteiger partial charge < -0.3 is 10.5 Å². The molecule has 0 amide bonds. The summed E-state index contributed by atoms with van der Waals surface area (Å²) in [6.45, 7) is 2.00. The van der Waals surface area contributed by atoms with Crippen molar-refractivity contribution in [2.45, 2.75) is 25.7 Å². The number of allylic oxidation sites excluding steroid dienone is 3. The first-order valence-corrected chi connectivity index (χ1v) is 7.48. The third kappa shape index (κ3) is 2.38. The smallest absolute Gasteiger partial charge is 0.205 e. The number of halogens is 1. The Hall–Kier alpha value is -2.25. The van der Waals surface area contributed by atoms with Crippen LogP contribution in [0.4, 0.5) is 0 Å². The lowest BCUT2D eigenvalue weighted by Gasteiger charge is -2.32. The molecule has 0 aromatic heterocycles. The molecule has 2 aliphatic rings. The van der Waals surface area contributed by atoms with Gasteiger partial charge >= 0.3 is 0 Å². The number of nitrogens with two attached hydrogens (primary N) is 1. The second kappa shape index (κ2) is 5.51. The maximum Gasteiger partial charge on any atom is 0.205 e. The minimum atomic E-state index is -0.467. The van der Waals surface area contributed by atoms with E-state index in [1.165, 1.54) is 0 Å². The molecule has 0 fully saturated rings. The number of Topliss-reactive ketones (excluding diaryl/α,β-unsaturated/α-hetero) is 1. The molecule has 1 aliphatic carbocycles. The molecule has 0 spiro atoms. The number of benzene rings is 1. The summed E-state index contributed by atoms with van der Waals surface area (Å²) in [6.07, 6.45) is 1.12. The van der Waals surface area contributed by atoms with Crippen LogP contribution in [0.5, 0.6) is 0 Å². The van der Waals surface area contributed by atoms with Gasteiger partial charge in [0.1, 0.15) is 17.4 Å². The van der Waals surface area contributed by atoms with E-state index < -0.39 is 5.92 Å². The summed E-state index contributed by atoms with van der Waals surface area (Å²) < 4.78 is 5.58. The highest BCUT2D eigenvalue weighted by Gasteiger charge is 2.39. The van der Waals surface area contributed by atoms with Gasteiger partial charge in [0.05, 0.1) is 5.92 Å². The topological polar surface area (TPSA) is 76.1 Å². The Labute approximate surface area is 133 Å². The van der Waals surface area contributed by atoms with Crippen molar-refractivity contribution in [3.63, 3.8) is 0 Å².